The van der Waals surface area contributed by atoms with Crippen LogP contribution < -0.4 is 10.1 Å². The molecule has 2 aliphatic rings. The van der Waals surface area contributed by atoms with Gasteiger partial charge >= 0.3 is 0 Å². The SMILES string of the molecule is CC.CC.CNC/C=C/COc1ccc2c(c1)/C(=N\OC)C1=C2C=CCC1. The summed E-state index contributed by atoms with van der Waals surface area (Å²) in [5, 5.41) is 7.32. The van der Waals surface area contributed by atoms with Gasteiger partial charge in [0.25, 0.3) is 0 Å². The molecule has 0 aliphatic heterocycles. The number of hydrogen-bond donors (Lipinski definition) is 1. The molecule has 0 atom stereocenters. The van der Waals surface area contributed by atoms with Crippen LogP contribution >= 0.6 is 0 Å². The van der Waals surface area contributed by atoms with E-state index in [-0.39, 0.29) is 0 Å². The van der Waals surface area contributed by atoms with Gasteiger partial charge in [0.15, 0.2) is 0 Å². The lowest BCUT2D eigenvalue weighted by atomic mass is 9.97. The Morgan fingerprint density at radius 3 is 2.59 bits per heavy atom. The molecule has 3 rings (SSSR count). The highest BCUT2D eigenvalue weighted by molar-refractivity contribution is 6.24. The number of rotatable bonds is 6. The standard InChI is InChI=1S/C19H22N2O2.2C2H6/c1-20-11-5-6-12-23-14-9-10-16-15-7-3-4-8-17(15)19(21-22-2)18(16)13-14;2*1-2/h3,5-7,9-10,13,20H,4,8,11-12H2,1-2H3;2*1-2H3/b6-5+,21-19-;;. The molecule has 0 bridgehead atoms. The summed E-state index contributed by atoms with van der Waals surface area (Å²) in [6.07, 6.45) is 10.5. The van der Waals surface area contributed by atoms with Gasteiger partial charge in [0.05, 0.1) is 0 Å². The van der Waals surface area contributed by atoms with Crippen molar-refractivity contribution in [2.45, 2.75) is 40.5 Å². The van der Waals surface area contributed by atoms with E-state index in [0.717, 1.165) is 36.4 Å². The summed E-state index contributed by atoms with van der Waals surface area (Å²) in [6, 6.07) is 6.20. The van der Waals surface area contributed by atoms with E-state index < -0.39 is 0 Å². The second-order valence-corrected chi connectivity index (χ2v) is 5.50. The molecule has 2 aliphatic carbocycles. The molecule has 148 valence electrons. The predicted octanol–water partition coefficient (Wildman–Crippen LogP) is 5.36. The van der Waals surface area contributed by atoms with Crippen LogP contribution in [0.15, 0.2) is 53.2 Å². The lowest BCUT2D eigenvalue weighted by Gasteiger charge is -2.08. The summed E-state index contributed by atoms with van der Waals surface area (Å²) in [5.41, 5.74) is 5.79. The first-order valence-electron chi connectivity index (χ1n) is 9.93. The second-order valence-electron chi connectivity index (χ2n) is 5.50. The zero-order valence-corrected chi connectivity index (χ0v) is 17.6. The van der Waals surface area contributed by atoms with Crippen molar-refractivity contribution in [2.24, 2.45) is 5.16 Å². The van der Waals surface area contributed by atoms with E-state index in [1.54, 1.807) is 7.11 Å². The summed E-state index contributed by atoms with van der Waals surface area (Å²) in [6.45, 7) is 9.41. The van der Waals surface area contributed by atoms with E-state index in [9.17, 15) is 0 Å². The third-order valence-corrected chi connectivity index (χ3v) is 4.01. The Hall–Kier alpha value is -2.33. The monoisotopic (exact) mass is 370 g/mol. The van der Waals surface area contributed by atoms with Gasteiger partial charge in [-0.05, 0) is 48.7 Å². The van der Waals surface area contributed by atoms with Crippen molar-refractivity contribution < 1.29 is 9.57 Å². The maximum atomic E-state index is 5.81. The molecule has 0 saturated carbocycles. The average molecular weight is 371 g/mol. The maximum Gasteiger partial charge on any atom is 0.120 e. The van der Waals surface area contributed by atoms with Gasteiger partial charge in [-0.15, -0.1) is 0 Å². The molecule has 1 aromatic carbocycles. The van der Waals surface area contributed by atoms with Gasteiger partial charge in [0.2, 0.25) is 0 Å². The van der Waals surface area contributed by atoms with Gasteiger partial charge in [-0.25, -0.2) is 0 Å². The lowest BCUT2D eigenvalue weighted by molar-refractivity contribution is 0.214. The van der Waals surface area contributed by atoms with Crippen molar-refractivity contribution in [3.8, 4) is 5.75 Å². The summed E-state index contributed by atoms with van der Waals surface area (Å²) >= 11 is 0. The van der Waals surface area contributed by atoms with E-state index in [2.05, 4.69) is 40.8 Å². The van der Waals surface area contributed by atoms with Crippen molar-refractivity contribution >= 4 is 11.3 Å². The molecule has 0 heterocycles. The molecular formula is C23H34N2O2. The summed E-state index contributed by atoms with van der Waals surface area (Å²) in [7, 11) is 3.52. The van der Waals surface area contributed by atoms with E-state index in [1.807, 2.05) is 46.9 Å². The molecule has 1 N–H and O–H groups in total. The van der Waals surface area contributed by atoms with Crippen molar-refractivity contribution in [3.05, 3.63) is 59.2 Å². The normalized spacial score (nSPS) is 15.6. The fourth-order valence-corrected chi connectivity index (χ4v) is 2.98. The van der Waals surface area contributed by atoms with Gasteiger partial charge in [-0.3, -0.25) is 0 Å². The minimum atomic E-state index is 0.560. The minimum absolute atomic E-state index is 0.560. The molecule has 0 unspecified atom stereocenters. The van der Waals surface area contributed by atoms with Crippen LogP contribution in [0.3, 0.4) is 0 Å². The van der Waals surface area contributed by atoms with Crippen molar-refractivity contribution in [2.75, 3.05) is 27.3 Å². The zero-order chi connectivity index (χ0) is 20.1. The molecule has 0 fully saturated rings. The smallest absolute Gasteiger partial charge is 0.120 e. The first kappa shape index (κ1) is 22.7. The number of fused-ring (bicyclic) bond motifs is 2. The Labute approximate surface area is 164 Å². The molecule has 0 saturated heterocycles. The Balaban J connectivity index is 0.000000855. The van der Waals surface area contributed by atoms with Crippen molar-refractivity contribution in [1.29, 1.82) is 0 Å². The van der Waals surface area contributed by atoms with Crippen LogP contribution in [-0.4, -0.2) is 33.0 Å². The Morgan fingerprint density at radius 1 is 1.11 bits per heavy atom. The van der Waals surface area contributed by atoms with Crippen molar-refractivity contribution in [1.82, 2.24) is 5.32 Å². The predicted molar refractivity (Wildman–Crippen MR) is 117 cm³/mol. The Morgan fingerprint density at radius 2 is 1.89 bits per heavy atom. The summed E-state index contributed by atoms with van der Waals surface area (Å²) in [5.74, 6) is 0.852. The zero-order valence-electron chi connectivity index (χ0n) is 17.6. The molecule has 27 heavy (non-hydrogen) atoms. The van der Waals surface area contributed by atoms with Crippen LogP contribution in [0, 0.1) is 0 Å². The molecule has 4 nitrogen and oxygen atoms in total. The number of hydrogen-bond acceptors (Lipinski definition) is 4. The quantitative estimate of drug-likeness (QED) is 0.541. The fraction of sp³-hybridized carbons (Fsp3) is 0.435. The molecule has 1 aromatic rings. The van der Waals surface area contributed by atoms with Gasteiger partial charge in [-0.2, -0.15) is 0 Å². The molecule has 0 radical (unpaired) electrons. The number of benzene rings is 1. The van der Waals surface area contributed by atoms with E-state index >= 15 is 0 Å². The highest BCUT2D eigenvalue weighted by Crippen LogP contribution is 2.40. The summed E-state index contributed by atoms with van der Waals surface area (Å²) < 4.78 is 5.81. The third kappa shape index (κ3) is 5.83. The molecule has 0 aromatic heterocycles. The topological polar surface area (TPSA) is 42.8 Å². The van der Waals surface area contributed by atoms with Crippen LogP contribution in [0.2, 0.25) is 0 Å². The number of likely N-dealkylation sites (N-methyl/N-ethyl adjacent to an activating group) is 1. The highest BCUT2D eigenvalue weighted by atomic mass is 16.6. The molecule has 4 heteroatoms. The maximum absolute atomic E-state index is 5.81. The van der Waals surface area contributed by atoms with Crippen molar-refractivity contribution in [3.63, 3.8) is 0 Å². The second kappa shape index (κ2) is 12.9. The first-order valence-corrected chi connectivity index (χ1v) is 9.93. The van der Waals surface area contributed by atoms with Crippen LogP contribution in [0.1, 0.15) is 51.7 Å². The number of allylic oxidation sites excluding steroid dienone is 4. The number of oxime groups is 1. The number of nitrogens with zero attached hydrogens (tertiary/aromatic N) is 1. The average Bonchev–Trinajstić information content (AvgIpc) is 3.05. The van der Waals surface area contributed by atoms with Crippen LogP contribution in [0.4, 0.5) is 0 Å². The number of ether oxygens (including phenoxy) is 1. The summed E-state index contributed by atoms with van der Waals surface area (Å²) in [4.78, 5) is 5.07. The van der Waals surface area contributed by atoms with E-state index in [1.165, 1.54) is 16.7 Å². The molecule has 0 spiro atoms. The van der Waals surface area contributed by atoms with E-state index in [4.69, 9.17) is 9.57 Å². The number of nitrogens with one attached hydrogen (secondary N) is 1. The Bertz CT molecular complexity index is 700. The lowest BCUT2D eigenvalue weighted by Crippen LogP contribution is -2.05. The first-order chi connectivity index (χ1) is 13.3. The van der Waals surface area contributed by atoms with Crippen LogP contribution in [0.5, 0.6) is 5.75 Å². The van der Waals surface area contributed by atoms with Gasteiger partial charge < -0.3 is 14.9 Å². The molecule has 0 amide bonds. The third-order valence-electron chi connectivity index (χ3n) is 4.01. The largest absolute Gasteiger partial charge is 0.490 e. The van der Waals surface area contributed by atoms with Crippen LogP contribution in [-0.2, 0) is 4.84 Å². The van der Waals surface area contributed by atoms with Gasteiger partial charge in [-0.1, -0.05) is 63.2 Å². The Kier molecular flexibility index (Phi) is 10.9. The minimum Gasteiger partial charge on any atom is -0.490 e. The fourth-order valence-electron chi connectivity index (χ4n) is 2.98. The van der Waals surface area contributed by atoms with Crippen LogP contribution in [0.25, 0.3) is 5.57 Å². The van der Waals surface area contributed by atoms with Gasteiger partial charge in [0.1, 0.15) is 25.2 Å². The van der Waals surface area contributed by atoms with E-state index in [0.29, 0.717) is 6.61 Å². The van der Waals surface area contributed by atoms with Gasteiger partial charge in [0, 0.05) is 12.1 Å². The highest BCUT2D eigenvalue weighted by Gasteiger charge is 2.28. The molecular weight excluding hydrogens is 336 g/mol.